The number of amides is 1. The third-order valence-electron chi connectivity index (χ3n) is 4.71. The number of pyridine rings is 1. The molecule has 0 spiro atoms. The number of nitrogens with zero attached hydrogens (tertiary/aromatic N) is 3. The van der Waals surface area contributed by atoms with Gasteiger partial charge in [0.05, 0.1) is 13.1 Å². The van der Waals surface area contributed by atoms with Gasteiger partial charge in [-0.3, -0.25) is 9.69 Å². The molecule has 1 saturated heterocycles. The molecule has 0 radical (unpaired) electrons. The lowest BCUT2D eigenvalue weighted by molar-refractivity contribution is -0.330. The molecule has 1 aliphatic rings. The maximum Gasteiger partial charge on any atom is 0.293 e. The molecule has 1 aromatic carbocycles. The smallest absolute Gasteiger partial charge is 0.293 e. The van der Waals surface area contributed by atoms with E-state index < -0.39 is 0 Å². The number of rotatable bonds is 1. The minimum Gasteiger partial charge on any atom is -0.339 e. The number of carbonyl (C=O) groups is 1. The number of aryl methyl sites for hydroxylation is 2. The van der Waals surface area contributed by atoms with Crippen molar-refractivity contribution in [2.75, 3.05) is 31.1 Å². The Morgan fingerprint density at radius 2 is 1.96 bits per heavy atom. The summed E-state index contributed by atoms with van der Waals surface area (Å²) in [4.78, 5) is 19.2. The second-order valence-electron chi connectivity index (χ2n) is 6.53. The van der Waals surface area contributed by atoms with E-state index in [1.165, 1.54) is 11.1 Å². The van der Waals surface area contributed by atoms with Gasteiger partial charge < -0.3 is 4.90 Å². The monoisotopic (exact) mass is 323 g/mol. The van der Waals surface area contributed by atoms with Crippen molar-refractivity contribution in [2.24, 2.45) is 0 Å². The molecular formula is C19H23N4O+. The molecule has 124 valence electrons. The van der Waals surface area contributed by atoms with Crippen LogP contribution in [0, 0.1) is 25.2 Å². The van der Waals surface area contributed by atoms with Crippen LogP contribution in [-0.4, -0.2) is 37.0 Å². The molecule has 1 aromatic heterocycles. The molecule has 0 aliphatic carbocycles. The summed E-state index contributed by atoms with van der Waals surface area (Å²) < 4.78 is 0. The number of fused-ring (bicyclic) bond motifs is 1. The lowest BCUT2D eigenvalue weighted by Gasteiger charge is -2.18. The Morgan fingerprint density at radius 3 is 2.67 bits per heavy atom. The SMILES string of the molecule is CC(=O)N1CCCN(c2[nH+]c3cc(C)cc(C)c3cc2C#N)CC1. The standard InChI is InChI=1S/C19H22N4O/c1-13-9-14(2)17-11-16(12-20)19(21-18(17)10-13)23-6-4-5-22(7-8-23)15(3)24/h9-11H,4-8H2,1-3H3/p+1. The van der Waals surface area contributed by atoms with Crippen LogP contribution in [0.5, 0.6) is 0 Å². The summed E-state index contributed by atoms with van der Waals surface area (Å²) in [5, 5.41) is 10.7. The van der Waals surface area contributed by atoms with Gasteiger partial charge in [-0.15, -0.1) is 0 Å². The predicted octanol–water partition coefficient (Wildman–Crippen LogP) is 2.20. The molecule has 2 aromatic rings. The van der Waals surface area contributed by atoms with E-state index in [2.05, 4.69) is 41.9 Å². The van der Waals surface area contributed by atoms with Crippen LogP contribution >= 0.6 is 0 Å². The first-order chi connectivity index (χ1) is 11.5. The second-order valence-corrected chi connectivity index (χ2v) is 6.53. The largest absolute Gasteiger partial charge is 0.339 e. The Balaban J connectivity index is 2.02. The number of aromatic amines is 1. The summed E-state index contributed by atoms with van der Waals surface area (Å²) in [6.45, 7) is 8.81. The van der Waals surface area contributed by atoms with Crippen molar-refractivity contribution in [1.82, 2.24) is 4.90 Å². The van der Waals surface area contributed by atoms with Crippen molar-refractivity contribution >= 4 is 22.6 Å². The Bertz CT molecular complexity index is 837. The van der Waals surface area contributed by atoms with Gasteiger partial charge in [-0.1, -0.05) is 6.07 Å². The number of aromatic nitrogens is 1. The molecular weight excluding hydrogens is 300 g/mol. The first kappa shape index (κ1) is 16.3. The fourth-order valence-corrected chi connectivity index (χ4v) is 3.47. The van der Waals surface area contributed by atoms with E-state index in [1.54, 1.807) is 6.92 Å². The highest BCUT2D eigenvalue weighted by Gasteiger charge is 2.26. The molecule has 5 nitrogen and oxygen atoms in total. The van der Waals surface area contributed by atoms with E-state index in [9.17, 15) is 10.1 Å². The van der Waals surface area contributed by atoms with Gasteiger partial charge in [-0.05, 0) is 37.1 Å². The van der Waals surface area contributed by atoms with Gasteiger partial charge in [0.25, 0.3) is 5.82 Å². The minimum atomic E-state index is 0.117. The Kier molecular flexibility index (Phi) is 4.39. The lowest BCUT2D eigenvalue weighted by Crippen LogP contribution is -2.36. The Hall–Kier alpha value is -2.61. The number of anilines is 1. The van der Waals surface area contributed by atoms with Crippen LogP contribution in [0.1, 0.15) is 30.0 Å². The predicted molar refractivity (Wildman–Crippen MR) is 93.8 cm³/mol. The topological polar surface area (TPSA) is 61.5 Å². The van der Waals surface area contributed by atoms with E-state index in [1.807, 2.05) is 11.0 Å². The molecule has 0 bridgehead atoms. The maximum absolute atomic E-state index is 11.6. The quantitative estimate of drug-likeness (QED) is 0.808. The van der Waals surface area contributed by atoms with Crippen LogP contribution in [-0.2, 0) is 4.79 Å². The van der Waals surface area contributed by atoms with Crippen molar-refractivity contribution < 1.29 is 9.78 Å². The molecule has 24 heavy (non-hydrogen) atoms. The van der Waals surface area contributed by atoms with Gasteiger partial charge in [0.1, 0.15) is 23.7 Å². The average Bonchev–Trinajstić information content (AvgIpc) is 2.79. The normalized spacial score (nSPS) is 15.2. The first-order valence-corrected chi connectivity index (χ1v) is 8.37. The maximum atomic E-state index is 11.6. The molecule has 1 amide bonds. The van der Waals surface area contributed by atoms with Gasteiger partial charge in [0, 0.05) is 25.3 Å². The molecule has 2 heterocycles. The van der Waals surface area contributed by atoms with Gasteiger partial charge in [0.15, 0.2) is 0 Å². The van der Waals surface area contributed by atoms with Crippen molar-refractivity contribution in [3.05, 3.63) is 34.9 Å². The lowest BCUT2D eigenvalue weighted by atomic mass is 10.0. The number of hydrogen-bond donors (Lipinski definition) is 0. The highest BCUT2D eigenvalue weighted by molar-refractivity contribution is 5.83. The zero-order valence-corrected chi connectivity index (χ0v) is 14.5. The number of nitrogens with one attached hydrogen (secondary N) is 1. The highest BCUT2D eigenvalue weighted by atomic mass is 16.2. The highest BCUT2D eigenvalue weighted by Crippen LogP contribution is 2.24. The van der Waals surface area contributed by atoms with Crippen LogP contribution in [0.25, 0.3) is 10.9 Å². The molecule has 1 fully saturated rings. The van der Waals surface area contributed by atoms with E-state index in [4.69, 9.17) is 0 Å². The summed E-state index contributed by atoms with van der Waals surface area (Å²) in [5.41, 5.74) is 4.08. The fourth-order valence-electron chi connectivity index (χ4n) is 3.47. The molecule has 1 N–H and O–H groups in total. The van der Waals surface area contributed by atoms with E-state index in [0.29, 0.717) is 12.1 Å². The first-order valence-electron chi connectivity index (χ1n) is 8.37. The van der Waals surface area contributed by atoms with Gasteiger partial charge in [0.2, 0.25) is 5.91 Å². The molecule has 0 saturated carbocycles. The van der Waals surface area contributed by atoms with Gasteiger partial charge in [-0.25, -0.2) is 4.98 Å². The van der Waals surface area contributed by atoms with E-state index >= 15 is 0 Å². The zero-order valence-electron chi connectivity index (χ0n) is 14.5. The summed E-state index contributed by atoms with van der Waals surface area (Å²) in [6.07, 6.45) is 0.906. The number of H-pyrrole nitrogens is 1. The summed E-state index contributed by atoms with van der Waals surface area (Å²) in [7, 11) is 0. The molecule has 3 rings (SSSR count). The van der Waals surface area contributed by atoms with Crippen molar-refractivity contribution in [2.45, 2.75) is 27.2 Å². The minimum absolute atomic E-state index is 0.117. The molecule has 5 heteroatoms. The fraction of sp³-hybridized carbons (Fsp3) is 0.421. The van der Waals surface area contributed by atoms with Crippen LogP contribution < -0.4 is 9.88 Å². The third-order valence-corrected chi connectivity index (χ3v) is 4.71. The molecule has 1 aliphatic heterocycles. The zero-order chi connectivity index (χ0) is 17.3. The van der Waals surface area contributed by atoms with Crippen LogP contribution in [0.3, 0.4) is 0 Å². The Labute approximate surface area is 142 Å². The van der Waals surface area contributed by atoms with Crippen molar-refractivity contribution in [3.8, 4) is 6.07 Å². The number of carbonyl (C=O) groups excluding carboxylic acids is 1. The average molecular weight is 323 g/mol. The number of nitriles is 1. The van der Waals surface area contributed by atoms with Crippen LogP contribution in [0.2, 0.25) is 0 Å². The summed E-state index contributed by atoms with van der Waals surface area (Å²) >= 11 is 0. The molecule has 0 atom stereocenters. The van der Waals surface area contributed by atoms with Crippen LogP contribution in [0.4, 0.5) is 5.82 Å². The summed E-state index contributed by atoms with van der Waals surface area (Å²) in [5.74, 6) is 0.978. The van der Waals surface area contributed by atoms with E-state index in [-0.39, 0.29) is 5.91 Å². The van der Waals surface area contributed by atoms with E-state index in [0.717, 1.165) is 42.8 Å². The van der Waals surface area contributed by atoms with Crippen molar-refractivity contribution in [3.63, 3.8) is 0 Å². The van der Waals surface area contributed by atoms with Gasteiger partial charge >= 0.3 is 0 Å². The second kappa shape index (κ2) is 6.48. The number of benzene rings is 1. The third kappa shape index (κ3) is 3.05. The summed E-state index contributed by atoms with van der Waals surface area (Å²) in [6, 6.07) is 8.55. The Morgan fingerprint density at radius 1 is 1.17 bits per heavy atom. The molecule has 0 unspecified atom stereocenters. The van der Waals surface area contributed by atoms with Crippen molar-refractivity contribution in [1.29, 1.82) is 5.26 Å². The number of hydrogen-bond acceptors (Lipinski definition) is 3. The van der Waals surface area contributed by atoms with Gasteiger partial charge in [-0.2, -0.15) is 5.26 Å². The van der Waals surface area contributed by atoms with Crippen LogP contribution in [0.15, 0.2) is 18.2 Å².